The van der Waals surface area contributed by atoms with Crippen LogP contribution in [0.3, 0.4) is 0 Å². The van der Waals surface area contributed by atoms with Crippen molar-refractivity contribution in [2.24, 2.45) is 10.7 Å². The Bertz CT molecular complexity index is 733. The van der Waals surface area contributed by atoms with Gasteiger partial charge in [0.1, 0.15) is 0 Å². The van der Waals surface area contributed by atoms with E-state index in [0.717, 1.165) is 49.6 Å². The van der Waals surface area contributed by atoms with Gasteiger partial charge in [-0.1, -0.05) is 60.1 Å². The van der Waals surface area contributed by atoms with Crippen molar-refractivity contribution in [2.45, 2.75) is 24.7 Å². The molecule has 1 saturated heterocycles. The predicted molar refractivity (Wildman–Crippen MR) is 123 cm³/mol. The molecule has 146 valence electrons. The molecule has 2 aromatic rings. The van der Waals surface area contributed by atoms with Gasteiger partial charge in [-0.05, 0) is 36.5 Å². The number of hydrogen-bond acceptors (Lipinski definition) is 2. The molecule has 0 spiro atoms. The zero-order valence-electron chi connectivity index (χ0n) is 15.4. The normalized spacial score (nSPS) is 16.4. The molecule has 3 rings (SSSR count). The summed E-state index contributed by atoms with van der Waals surface area (Å²) in [7, 11) is 0. The van der Waals surface area contributed by atoms with Crippen molar-refractivity contribution in [3.63, 3.8) is 0 Å². The summed E-state index contributed by atoms with van der Waals surface area (Å²) in [5, 5.41) is 4.01. The highest BCUT2D eigenvalue weighted by Crippen LogP contribution is 2.38. The van der Waals surface area contributed by atoms with Crippen molar-refractivity contribution in [1.29, 1.82) is 0 Å². The first-order chi connectivity index (χ1) is 12.7. The van der Waals surface area contributed by atoms with Gasteiger partial charge in [0.25, 0.3) is 0 Å². The molecular weight excluding hydrogens is 473 g/mol. The molecule has 0 amide bonds. The van der Waals surface area contributed by atoms with Crippen LogP contribution >= 0.6 is 35.6 Å². The Morgan fingerprint density at radius 2 is 1.74 bits per heavy atom. The highest BCUT2D eigenvalue weighted by molar-refractivity contribution is 14.0. The first-order valence-corrected chi connectivity index (χ1v) is 9.48. The van der Waals surface area contributed by atoms with Gasteiger partial charge in [-0.15, -0.1) is 24.0 Å². The summed E-state index contributed by atoms with van der Waals surface area (Å²) >= 11 is 6.48. The van der Waals surface area contributed by atoms with Crippen molar-refractivity contribution in [1.82, 2.24) is 5.32 Å². The molecule has 1 aliphatic rings. The number of aliphatic imine (C=N–C) groups is 1. The molecule has 27 heavy (non-hydrogen) atoms. The monoisotopic (exact) mass is 499 g/mol. The maximum Gasteiger partial charge on any atom is 0.188 e. The van der Waals surface area contributed by atoms with E-state index < -0.39 is 0 Å². The molecule has 4 nitrogen and oxygen atoms in total. The Morgan fingerprint density at radius 1 is 1.07 bits per heavy atom. The smallest absolute Gasteiger partial charge is 0.188 e. The summed E-state index contributed by atoms with van der Waals surface area (Å²) in [5.74, 6) is 0.485. The number of guanidine groups is 1. The maximum absolute atomic E-state index is 6.48. The number of benzene rings is 2. The van der Waals surface area contributed by atoms with Gasteiger partial charge in [-0.25, -0.2) is 0 Å². The molecule has 0 atom stereocenters. The number of nitrogens with one attached hydrogen (secondary N) is 1. The van der Waals surface area contributed by atoms with Crippen LogP contribution in [0.15, 0.2) is 59.6 Å². The van der Waals surface area contributed by atoms with Crippen molar-refractivity contribution in [2.75, 3.05) is 26.3 Å². The minimum absolute atomic E-state index is 0. The van der Waals surface area contributed by atoms with Gasteiger partial charge in [0.2, 0.25) is 0 Å². The number of halogens is 2. The Hall–Kier alpha value is -1.31. The number of ether oxygens (including phenoxy) is 1. The maximum atomic E-state index is 6.48. The van der Waals surface area contributed by atoms with Gasteiger partial charge in [0, 0.05) is 30.2 Å². The van der Waals surface area contributed by atoms with Crippen LogP contribution < -0.4 is 11.1 Å². The van der Waals surface area contributed by atoms with Crippen LogP contribution in [0.1, 0.15) is 24.0 Å². The van der Waals surface area contributed by atoms with Gasteiger partial charge >= 0.3 is 0 Å². The van der Waals surface area contributed by atoms with Crippen LogP contribution in [0.4, 0.5) is 0 Å². The van der Waals surface area contributed by atoms with Crippen molar-refractivity contribution < 1.29 is 4.74 Å². The zero-order valence-corrected chi connectivity index (χ0v) is 18.5. The fourth-order valence-electron chi connectivity index (χ4n) is 3.44. The summed E-state index contributed by atoms with van der Waals surface area (Å²) in [6.07, 6.45) is 2.72. The minimum atomic E-state index is -0.109. The number of rotatable bonds is 6. The highest BCUT2D eigenvalue weighted by atomic mass is 127. The quantitative estimate of drug-likeness (QED) is 0.357. The summed E-state index contributed by atoms with van der Waals surface area (Å²) < 4.78 is 5.57. The SMILES string of the molecule is I.NC(=NCC1(c2ccccc2Cl)CCOCC1)NCCc1ccccc1. The predicted octanol–water partition coefficient (Wildman–Crippen LogP) is 4.15. The van der Waals surface area contributed by atoms with E-state index in [2.05, 4.69) is 28.5 Å². The Kier molecular flexibility index (Phi) is 8.86. The zero-order chi connectivity index (χ0) is 18.2. The molecule has 6 heteroatoms. The summed E-state index contributed by atoms with van der Waals surface area (Å²) in [4.78, 5) is 4.64. The van der Waals surface area contributed by atoms with E-state index in [9.17, 15) is 0 Å². The van der Waals surface area contributed by atoms with Crippen LogP contribution in [0.25, 0.3) is 0 Å². The molecule has 0 unspecified atom stereocenters. The molecule has 0 aromatic heterocycles. The van der Waals surface area contributed by atoms with Gasteiger partial charge in [0.15, 0.2) is 5.96 Å². The van der Waals surface area contributed by atoms with Crippen LogP contribution in [0, 0.1) is 0 Å². The molecule has 1 aliphatic heterocycles. The lowest BCUT2D eigenvalue weighted by Gasteiger charge is -2.37. The van der Waals surface area contributed by atoms with E-state index in [4.69, 9.17) is 22.1 Å². The number of nitrogens with two attached hydrogens (primary N) is 1. The van der Waals surface area contributed by atoms with Crippen LogP contribution in [-0.2, 0) is 16.6 Å². The first kappa shape index (κ1) is 22.0. The molecule has 0 aliphatic carbocycles. The first-order valence-electron chi connectivity index (χ1n) is 9.10. The van der Waals surface area contributed by atoms with E-state index in [0.29, 0.717) is 12.5 Å². The highest BCUT2D eigenvalue weighted by Gasteiger charge is 2.35. The Morgan fingerprint density at radius 3 is 2.44 bits per heavy atom. The molecular formula is C21H27ClIN3O. The summed E-state index contributed by atoms with van der Waals surface area (Å²) in [6.45, 7) is 2.83. The Balaban J connectivity index is 0.00000261. The van der Waals surface area contributed by atoms with E-state index in [1.54, 1.807) is 0 Å². The van der Waals surface area contributed by atoms with E-state index in [1.165, 1.54) is 5.56 Å². The lowest BCUT2D eigenvalue weighted by atomic mass is 9.74. The second-order valence-corrected chi connectivity index (χ2v) is 7.14. The third kappa shape index (κ3) is 6.09. The number of nitrogens with zero attached hydrogens (tertiary/aromatic N) is 1. The molecule has 1 fully saturated rings. The third-order valence-electron chi connectivity index (χ3n) is 5.01. The average molecular weight is 500 g/mol. The Labute approximate surface area is 183 Å². The molecule has 0 saturated carbocycles. The largest absolute Gasteiger partial charge is 0.381 e. The lowest BCUT2D eigenvalue weighted by Crippen LogP contribution is -2.39. The number of hydrogen-bond donors (Lipinski definition) is 2. The summed E-state index contributed by atoms with van der Waals surface area (Å²) in [6, 6.07) is 18.4. The van der Waals surface area contributed by atoms with Gasteiger partial charge in [0.05, 0.1) is 6.54 Å². The van der Waals surface area contributed by atoms with Crippen LogP contribution in [-0.4, -0.2) is 32.3 Å². The van der Waals surface area contributed by atoms with E-state index in [1.807, 2.05) is 36.4 Å². The van der Waals surface area contributed by atoms with Crippen LogP contribution in [0.2, 0.25) is 5.02 Å². The molecule has 1 heterocycles. The fourth-order valence-corrected chi connectivity index (χ4v) is 3.77. The topological polar surface area (TPSA) is 59.6 Å². The van der Waals surface area contributed by atoms with Crippen LogP contribution in [0.5, 0.6) is 0 Å². The third-order valence-corrected chi connectivity index (χ3v) is 5.34. The van der Waals surface area contributed by atoms with E-state index in [-0.39, 0.29) is 29.4 Å². The summed E-state index contributed by atoms with van der Waals surface area (Å²) in [5.41, 5.74) is 8.42. The van der Waals surface area contributed by atoms with E-state index >= 15 is 0 Å². The van der Waals surface area contributed by atoms with Gasteiger partial charge in [-0.3, -0.25) is 4.99 Å². The van der Waals surface area contributed by atoms with Crippen molar-refractivity contribution in [3.05, 3.63) is 70.7 Å². The minimum Gasteiger partial charge on any atom is -0.381 e. The second-order valence-electron chi connectivity index (χ2n) is 6.74. The van der Waals surface area contributed by atoms with Gasteiger partial charge < -0.3 is 15.8 Å². The second kappa shape index (κ2) is 10.9. The molecule has 0 bridgehead atoms. The van der Waals surface area contributed by atoms with Crippen molar-refractivity contribution >= 4 is 41.5 Å². The average Bonchev–Trinajstić information content (AvgIpc) is 2.68. The van der Waals surface area contributed by atoms with Gasteiger partial charge in [-0.2, -0.15) is 0 Å². The molecule has 3 N–H and O–H groups in total. The molecule has 0 radical (unpaired) electrons. The standard InChI is InChI=1S/C21H26ClN3O.HI/c22-19-9-5-4-8-18(19)21(11-14-26-15-12-21)16-25-20(23)24-13-10-17-6-2-1-3-7-17;/h1-9H,10-16H2,(H3,23,24,25);1H. The molecule has 2 aromatic carbocycles. The fraction of sp³-hybridized carbons (Fsp3) is 0.381. The van der Waals surface area contributed by atoms with Crippen molar-refractivity contribution in [3.8, 4) is 0 Å². The lowest BCUT2D eigenvalue weighted by molar-refractivity contribution is 0.0531.